The van der Waals surface area contributed by atoms with Gasteiger partial charge in [0.25, 0.3) is 0 Å². The molecule has 40 heavy (non-hydrogen) atoms. The minimum atomic E-state index is -4.17. The molecule has 0 aromatic heterocycles. The van der Waals surface area contributed by atoms with Crippen LogP contribution < -0.4 is 0 Å². The summed E-state index contributed by atoms with van der Waals surface area (Å²) in [6.07, 6.45) is 7.02. The normalized spacial score (nSPS) is 23.7. The Morgan fingerprint density at radius 1 is 0.900 bits per heavy atom. The maximum atomic E-state index is 14.9. The summed E-state index contributed by atoms with van der Waals surface area (Å²) in [6.45, 7) is 2.53. The fraction of sp³-hybridized carbons (Fsp3) is 0.552. The largest absolute Gasteiger partial charge is 0.448 e. The molecule has 0 bridgehead atoms. The van der Waals surface area contributed by atoms with Crippen LogP contribution in [0.3, 0.4) is 0 Å². The van der Waals surface area contributed by atoms with Crippen LogP contribution >= 0.6 is 11.6 Å². The smallest absolute Gasteiger partial charge is 0.409 e. The predicted molar refractivity (Wildman–Crippen MR) is 149 cm³/mol. The highest BCUT2D eigenvalue weighted by Gasteiger charge is 2.42. The summed E-state index contributed by atoms with van der Waals surface area (Å²) >= 11 is 5.99. The molecular formula is C29H36ClF2N3O4S. The Morgan fingerprint density at radius 2 is 1.60 bits per heavy atom. The first kappa shape index (κ1) is 29.2. The van der Waals surface area contributed by atoms with Gasteiger partial charge < -0.3 is 9.64 Å². The van der Waals surface area contributed by atoms with E-state index < -0.39 is 39.8 Å². The Kier molecular flexibility index (Phi) is 9.29. The highest BCUT2D eigenvalue weighted by Crippen LogP contribution is 2.40. The van der Waals surface area contributed by atoms with Gasteiger partial charge in [0.1, 0.15) is 6.61 Å². The Hall–Kier alpha value is -2.27. The number of carbonyl (C=O) groups excluding carboxylic acids is 1. The van der Waals surface area contributed by atoms with Gasteiger partial charge in [0.05, 0.1) is 17.0 Å². The van der Waals surface area contributed by atoms with Crippen molar-refractivity contribution in [1.29, 1.82) is 0 Å². The van der Waals surface area contributed by atoms with E-state index in [9.17, 15) is 22.0 Å². The molecule has 0 radical (unpaired) electrons. The lowest BCUT2D eigenvalue weighted by Crippen LogP contribution is -2.53. The van der Waals surface area contributed by atoms with Crippen molar-refractivity contribution < 1.29 is 26.7 Å². The number of rotatable bonds is 6. The molecule has 7 nitrogen and oxygen atoms in total. The van der Waals surface area contributed by atoms with E-state index in [0.29, 0.717) is 43.4 Å². The Morgan fingerprint density at radius 3 is 2.30 bits per heavy atom. The fourth-order valence-electron chi connectivity index (χ4n) is 6.35. The molecule has 5 rings (SSSR count). The van der Waals surface area contributed by atoms with Crippen LogP contribution in [0.1, 0.15) is 63.0 Å². The third-order valence-electron chi connectivity index (χ3n) is 8.47. The summed E-state index contributed by atoms with van der Waals surface area (Å²) in [6, 6.07) is 8.40. The lowest BCUT2D eigenvalue weighted by atomic mass is 9.93. The van der Waals surface area contributed by atoms with Crippen LogP contribution in [0.4, 0.5) is 13.6 Å². The number of piperazine rings is 1. The minimum Gasteiger partial charge on any atom is -0.448 e. The number of nitrogens with zero attached hydrogens (tertiary/aromatic N) is 3. The highest BCUT2D eigenvalue weighted by molar-refractivity contribution is 7.89. The molecule has 2 aliphatic heterocycles. The quantitative estimate of drug-likeness (QED) is 0.410. The topological polar surface area (TPSA) is 70.2 Å². The van der Waals surface area contributed by atoms with Crippen LogP contribution in [-0.2, 0) is 14.8 Å². The van der Waals surface area contributed by atoms with Crippen molar-refractivity contribution in [2.24, 2.45) is 0 Å². The predicted octanol–water partition coefficient (Wildman–Crippen LogP) is 5.99. The molecular weight excluding hydrogens is 560 g/mol. The van der Waals surface area contributed by atoms with Crippen molar-refractivity contribution in [3.05, 3.63) is 64.7 Å². The van der Waals surface area contributed by atoms with Crippen molar-refractivity contribution in [1.82, 2.24) is 14.1 Å². The van der Waals surface area contributed by atoms with Gasteiger partial charge in [0.15, 0.2) is 11.6 Å². The van der Waals surface area contributed by atoms with Gasteiger partial charge in [-0.3, -0.25) is 4.90 Å². The van der Waals surface area contributed by atoms with E-state index in [1.807, 2.05) is 0 Å². The third kappa shape index (κ3) is 6.30. The maximum absolute atomic E-state index is 14.9. The van der Waals surface area contributed by atoms with Gasteiger partial charge in [-0.25, -0.2) is 22.0 Å². The molecule has 0 unspecified atom stereocenters. The van der Waals surface area contributed by atoms with E-state index in [0.717, 1.165) is 19.2 Å². The molecule has 1 aliphatic carbocycles. The van der Waals surface area contributed by atoms with Crippen LogP contribution in [0.25, 0.3) is 0 Å². The number of sulfonamides is 1. The van der Waals surface area contributed by atoms with Gasteiger partial charge in [-0.05, 0) is 62.4 Å². The van der Waals surface area contributed by atoms with Crippen LogP contribution in [0.5, 0.6) is 0 Å². The number of ether oxygens (including phenoxy) is 1. The summed E-state index contributed by atoms with van der Waals surface area (Å²) in [4.78, 5) is 17.1. The second-order valence-electron chi connectivity index (χ2n) is 10.9. The van der Waals surface area contributed by atoms with Crippen molar-refractivity contribution in [2.75, 3.05) is 32.8 Å². The summed E-state index contributed by atoms with van der Waals surface area (Å²) in [5.74, 6) is -2.11. The first-order valence-corrected chi connectivity index (χ1v) is 16.0. The van der Waals surface area contributed by atoms with Gasteiger partial charge >= 0.3 is 6.09 Å². The Labute approximate surface area is 240 Å². The summed E-state index contributed by atoms with van der Waals surface area (Å²) in [5.41, 5.74) is -0.0348. The molecule has 0 spiro atoms. The van der Waals surface area contributed by atoms with E-state index in [1.54, 1.807) is 4.90 Å². The second-order valence-corrected chi connectivity index (χ2v) is 13.2. The molecule has 2 heterocycles. The summed E-state index contributed by atoms with van der Waals surface area (Å²) in [7, 11) is -4.17. The number of hydrogen-bond acceptors (Lipinski definition) is 5. The number of carbonyl (C=O) groups is 1. The molecule has 3 fully saturated rings. The van der Waals surface area contributed by atoms with E-state index in [2.05, 4.69) is 4.90 Å². The maximum Gasteiger partial charge on any atom is 0.409 e. The molecule has 3 aliphatic rings. The molecule has 11 heteroatoms. The second kappa shape index (κ2) is 12.7. The zero-order valence-corrected chi connectivity index (χ0v) is 24.1. The van der Waals surface area contributed by atoms with Gasteiger partial charge in [0, 0.05) is 42.8 Å². The number of piperidine rings is 1. The molecule has 1 amide bonds. The number of halogens is 3. The standard InChI is InChI=1S/C29H36ClF2N3O4S/c30-21-12-14-24(15-13-21)40(37,38)35-23(8-4-11-27(35)25-9-5-10-26(31)28(25)32)20-39-29(36)34-18-16-33(17-19-34)22-6-2-1-3-7-22/h5,9-10,12-15,22-23,27H,1-4,6-8,11,16-20H2/t23-,27+/m1/s1. The number of hydrogen-bond donors (Lipinski definition) is 0. The van der Waals surface area contributed by atoms with Gasteiger partial charge in [-0.15, -0.1) is 0 Å². The third-order valence-corrected chi connectivity index (χ3v) is 10.7. The van der Waals surface area contributed by atoms with Gasteiger partial charge in [-0.1, -0.05) is 43.0 Å². The zero-order valence-electron chi connectivity index (χ0n) is 22.5. The summed E-state index contributed by atoms with van der Waals surface area (Å²) < 4.78 is 63.9. The lowest BCUT2D eigenvalue weighted by molar-refractivity contribution is 0.0379. The Bertz CT molecular complexity index is 1280. The van der Waals surface area contributed by atoms with Crippen molar-refractivity contribution >= 4 is 27.7 Å². The van der Waals surface area contributed by atoms with Crippen molar-refractivity contribution in [2.45, 2.75) is 74.4 Å². The van der Waals surface area contributed by atoms with Crippen LogP contribution in [0, 0.1) is 11.6 Å². The molecule has 1 saturated carbocycles. The summed E-state index contributed by atoms with van der Waals surface area (Å²) in [5, 5.41) is 0.374. The molecule has 2 aromatic rings. The average Bonchev–Trinajstić information content (AvgIpc) is 2.98. The van der Waals surface area contributed by atoms with Crippen LogP contribution in [0.15, 0.2) is 47.4 Å². The zero-order chi connectivity index (χ0) is 28.3. The highest BCUT2D eigenvalue weighted by atomic mass is 35.5. The van der Waals surface area contributed by atoms with Gasteiger partial charge in [0.2, 0.25) is 10.0 Å². The molecule has 2 aromatic carbocycles. The van der Waals surface area contributed by atoms with Crippen molar-refractivity contribution in [3.8, 4) is 0 Å². The van der Waals surface area contributed by atoms with Crippen molar-refractivity contribution in [3.63, 3.8) is 0 Å². The first-order valence-electron chi connectivity index (χ1n) is 14.1. The van der Waals surface area contributed by atoms with E-state index in [1.165, 1.54) is 72.8 Å². The molecule has 2 saturated heterocycles. The monoisotopic (exact) mass is 595 g/mol. The molecule has 2 atom stereocenters. The number of amides is 1. The number of benzene rings is 2. The van der Waals surface area contributed by atoms with Gasteiger partial charge in [-0.2, -0.15) is 4.31 Å². The lowest BCUT2D eigenvalue weighted by Gasteiger charge is -2.42. The van der Waals surface area contributed by atoms with Crippen LogP contribution in [-0.4, -0.2) is 73.5 Å². The SMILES string of the molecule is O=C(OC[C@H]1CCC[C@@H](c2cccc(F)c2F)N1S(=O)(=O)c1ccc(Cl)cc1)N1CCN(C2CCCCC2)CC1. The van der Waals surface area contributed by atoms with E-state index in [-0.39, 0.29) is 17.1 Å². The van der Waals surface area contributed by atoms with Crippen LogP contribution in [0.2, 0.25) is 5.02 Å². The van der Waals surface area contributed by atoms with E-state index >= 15 is 0 Å². The van der Waals surface area contributed by atoms with E-state index in [4.69, 9.17) is 16.3 Å². The first-order chi connectivity index (χ1) is 19.3. The minimum absolute atomic E-state index is 0.0178. The fourth-order valence-corrected chi connectivity index (χ4v) is 8.31. The average molecular weight is 596 g/mol. The Balaban J connectivity index is 1.32. The molecule has 218 valence electrons. The molecule has 0 N–H and O–H groups in total.